The second kappa shape index (κ2) is 15.9. The van der Waals surface area contributed by atoms with E-state index in [2.05, 4.69) is 271 Å². The van der Waals surface area contributed by atoms with Crippen LogP contribution < -0.4 is 4.90 Å². The van der Waals surface area contributed by atoms with E-state index in [0.29, 0.717) is 0 Å². The molecule has 0 fully saturated rings. The Kier molecular flexibility index (Phi) is 9.21. The molecule has 0 unspecified atom stereocenters. The smallest absolute Gasteiger partial charge is 0.144 e. The van der Waals surface area contributed by atoms with Crippen molar-refractivity contribution in [2.45, 2.75) is 57.8 Å². The van der Waals surface area contributed by atoms with Gasteiger partial charge < -0.3 is 13.7 Å². The van der Waals surface area contributed by atoms with Crippen molar-refractivity contribution in [3.63, 3.8) is 0 Å². The van der Waals surface area contributed by atoms with E-state index in [9.17, 15) is 0 Å². The van der Waals surface area contributed by atoms with Crippen LogP contribution in [0.25, 0.3) is 111 Å². The molecule has 3 aliphatic rings. The molecule has 0 saturated heterocycles. The number of hydrogen-bond donors (Lipinski definition) is 0. The van der Waals surface area contributed by atoms with Crippen LogP contribution in [0.4, 0.5) is 17.1 Å². The van der Waals surface area contributed by atoms with Crippen LogP contribution in [0.5, 0.6) is 0 Å². The average Bonchev–Trinajstić information content (AvgIpc) is 4.38. The van der Waals surface area contributed by atoms with Crippen LogP contribution in [-0.4, -0.2) is 0 Å². The third-order valence-corrected chi connectivity index (χ3v) is 18.2. The Morgan fingerprint density at radius 3 is 1.42 bits per heavy atom. The summed E-state index contributed by atoms with van der Waals surface area (Å²) in [6.45, 7) is 14.6. The molecule has 16 rings (SSSR count). The second-order valence-corrected chi connectivity index (χ2v) is 23.5. The molecule has 0 saturated carbocycles. The van der Waals surface area contributed by atoms with Crippen molar-refractivity contribution in [1.82, 2.24) is 0 Å². The lowest BCUT2D eigenvalue weighted by atomic mass is 9.72. The molecule has 2 aromatic heterocycles. The predicted molar refractivity (Wildman–Crippen MR) is 325 cm³/mol. The maximum absolute atomic E-state index is 7.09. The number of nitrogens with zero attached hydrogens (tertiary/aromatic N) is 1. The lowest BCUT2D eigenvalue weighted by Crippen LogP contribution is -2.24. The van der Waals surface area contributed by atoms with Gasteiger partial charge in [0.1, 0.15) is 22.3 Å². The minimum Gasteiger partial charge on any atom is -0.455 e. The van der Waals surface area contributed by atoms with Crippen LogP contribution in [0.3, 0.4) is 0 Å². The number of furan rings is 2. The molecule has 3 aliphatic carbocycles. The van der Waals surface area contributed by atoms with Crippen LogP contribution >= 0.6 is 0 Å². The van der Waals surface area contributed by atoms with Gasteiger partial charge in [-0.3, -0.25) is 0 Å². The molecule has 11 aromatic carbocycles. The fraction of sp³-hybridized carbons (Fsp3) is 0.120. The Morgan fingerprint density at radius 2 is 0.756 bits per heavy atom. The Hall–Kier alpha value is -9.18. The van der Waals surface area contributed by atoms with E-state index >= 15 is 0 Å². The van der Waals surface area contributed by atoms with Gasteiger partial charge in [0.2, 0.25) is 0 Å². The van der Waals surface area contributed by atoms with Gasteiger partial charge in [0.15, 0.2) is 0 Å². The minimum atomic E-state index is -0.364. The molecule has 0 N–H and O–H groups in total. The first-order valence-electron chi connectivity index (χ1n) is 27.5. The van der Waals surface area contributed by atoms with Gasteiger partial charge in [0.05, 0.1) is 0 Å². The van der Waals surface area contributed by atoms with Crippen molar-refractivity contribution >= 4 is 60.9 Å². The second-order valence-electron chi connectivity index (χ2n) is 23.5. The molecule has 3 nitrogen and oxygen atoms in total. The fourth-order valence-electron chi connectivity index (χ4n) is 14.5. The molecule has 3 heteroatoms. The first kappa shape index (κ1) is 45.1. The first-order valence-corrected chi connectivity index (χ1v) is 27.5. The molecule has 0 radical (unpaired) electrons. The molecule has 0 amide bonds. The summed E-state index contributed by atoms with van der Waals surface area (Å²) in [5, 5.41) is 4.70. The summed E-state index contributed by atoms with van der Waals surface area (Å²) < 4.78 is 14.1. The molecular weight excluding hydrogens is 947 g/mol. The Labute approximate surface area is 454 Å². The van der Waals surface area contributed by atoms with Gasteiger partial charge in [-0.15, -0.1) is 0 Å². The molecular formula is C75H55NO2. The highest BCUT2D eigenvalue weighted by atomic mass is 16.3. The predicted octanol–water partition coefficient (Wildman–Crippen LogP) is 20.9. The van der Waals surface area contributed by atoms with Gasteiger partial charge in [-0.05, 0) is 144 Å². The summed E-state index contributed by atoms with van der Waals surface area (Å²) in [7, 11) is 0. The third kappa shape index (κ3) is 6.05. The van der Waals surface area contributed by atoms with Crippen molar-refractivity contribution < 1.29 is 8.83 Å². The SMILES string of the molecule is CC1(C)c2cc(N(c3ccc(-c4ccccc4)cc3)c3ccc4c(c3)C(C)(C)c3c5c(c6c(oc7ccccc76)c3-4)-c3ccccc3C5(C)C)ccc2-c2c1cc(-c1ccccc1-c1ccccc1)c1oc3ccccc3c21. The van der Waals surface area contributed by atoms with Crippen molar-refractivity contribution in [2.75, 3.05) is 4.90 Å². The molecule has 0 aliphatic heterocycles. The lowest BCUT2D eigenvalue weighted by Gasteiger charge is -2.32. The van der Waals surface area contributed by atoms with Crippen LogP contribution in [0, 0.1) is 0 Å². The normalized spacial score (nSPS) is 14.8. The van der Waals surface area contributed by atoms with E-state index in [4.69, 9.17) is 8.83 Å². The number of benzene rings is 11. The topological polar surface area (TPSA) is 29.5 Å². The summed E-state index contributed by atoms with van der Waals surface area (Å²) in [4.78, 5) is 2.48. The first-order chi connectivity index (χ1) is 38.0. The molecule has 78 heavy (non-hydrogen) atoms. The van der Waals surface area contributed by atoms with E-state index < -0.39 is 0 Å². The van der Waals surface area contributed by atoms with Gasteiger partial charge in [0, 0.05) is 66.0 Å². The Bertz CT molecular complexity index is 4680. The Morgan fingerprint density at radius 1 is 0.295 bits per heavy atom. The zero-order valence-electron chi connectivity index (χ0n) is 44.6. The van der Waals surface area contributed by atoms with Gasteiger partial charge in [0.25, 0.3) is 0 Å². The van der Waals surface area contributed by atoms with Gasteiger partial charge in [-0.25, -0.2) is 0 Å². The average molecular weight is 1000 g/mol. The number of rotatable bonds is 6. The number of hydrogen-bond acceptors (Lipinski definition) is 3. The number of para-hydroxylation sites is 2. The molecule has 0 atom stereocenters. The minimum absolute atomic E-state index is 0.230. The molecule has 0 bridgehead atoms. The summed E-state index contributed by atoms with van der Waals surface area (Å²) in [6.07, 6.45) is 0. The lowest BCUT2D eigenvalue weighted by molar-refractivity contribution is 0.600. The van der Waals surface area contributed by atoms with E-state index in [1.807, 2.05) is 0 Å². The third-order valence-electron chi connectivity index (χ3n) is 18.2. The molecule has 372 valence electrons. The highest BCUT2D eigenvalue weighted by molar-refractivity contribution is 6.22. The zero-order chi connectivity index (χ0) is 52.4. The Balaban J connectivity index is 0.906. The van der Waals surface area contributed by atoms with E-state index in [1.165, 1.54) is 105 Å². The van der Waals surface area contributed by atoms with Crippen LogP contribution in [0.1, 0.15) is 74.9 Å². The van der Waals surface area contributed by atoms with Crippen LogP contribution in [0.15, 0.2) is 233 Å². The highest BCUT2D eigenvalue weighted by Gasteiger charge is 2.49. The van der Waals surface area contributed by atoms with Crippen molar-refractivity contribution in [3.8, 4) is 66.8 Å². The monoisotopic (exact) mass is 1000 g/mol. The summed E-state index contributed by atoms with van der Waals surface area (Å²) >= 11 is 0. The zero-order valence-corrected chi connectivity index (χ0v) is 44.6. The van der Waals surface area contributed by atoms with Gasteiger partial charge >= 0.3 is 0 Å². The summed E-state index contributed by atoms with van der Waals surface area (Å²) in [5.74, 6) is 0. The summed E-state index contributed by atoms with van der Waals surface area (Å²) in [6, 6.07) is 82.5. The molecule has 2 heterocycles. The van der Waals surface area contributed by atoms with Crippen molar-refractivity contribution in [3.05, 3.63) is 258 Å². The quantitative estimate of drug-likeness (QED) is 0.166. The number of anilines is 3. The van der Waals surface area contributed by atoms with Crippen molar-refractivity contribution in [1.29, 1.82) is 0 Å². The van der Waals surface area contributed by atoms with Crippen molar-refractivity contribution in [2.24, 2.45) is 0 Å². The molecule has 13 aromatic rings. The van der Waals surface area contributed by atoms with Gasteiger partial charge in [-0.2, -0.15) is 0 Å². The van der Waals surface area contributed by atoms with E-state index in [0.717, 1.165) is 55.9 Å². The van der Waals surface area contributed by atoms with Crippen LogP contribution in [-0.2, 0) is 16.2 Å². The molecule has 0 spiro atoms. The van der Waals surface area contributed by atoms with E-state index in [-0.39, 0.29) is 16.2 Å². The maximum Gasteiger partial charge on any atom is 0.144 e. The standard InChI is InChI=1S/C75H55NO2/c1-73(2)59-41-48(37-39-53(59)64-61(73)43-57(71-66(64)55-28-16-19-31-62(55)77-71)51-26-14-13-25-50(51)46-23-11-8-12-24-46)76(47-35-33-45(34-36-47)44-21-9-7-10-22-44)49-38-40-54-60(42-49)75(5,6)70-68(54)72-67(56-29-17-20-32-63(56)78-72)65-52-27-15-18-30-58(52)74(3,4)69(65)70/h7-43H,1-6H3. The van der Waals surface area contributed by atoms with E-state index in [1.54, 1.807) is 0 Å². The van der Waals surface area contributed by atoms with Gasteiger partial charge in [-0.1, -0.05) is 211 Å². The summed E-state index contributed by atoms with van der Waals surface area (Å²) in [5.41, 5.74) is 28.8. The fourth-order valence-corrected chi connectivity index (χ4v) is 14.5. The maximum atomic E-state index is 7.09. The van der Waals surface area contributed by atoms with Crippen LogP contribution in [0.2, 0.25) is 0 Å². The largest absolute Gasteiger partial charge is 0.455 e. The highest BCUT2D eigenvalue weighted by Crippen LogP contribution is 2.64. The number of fused-ring (bicyclic) bond motifs is 19.